The minimum absolute atomic E-state index is 0.0317. The van der Waals surface area contributed by atoms with Crippen LogP contribution in [0.4, 0.5) is 0 Å². The van der Waals surface area contributed by atoms with E-state index in [0.717, 1.165) is 23.0 Å². The fraction of sp³-hybridized carbons (Fsp3) is 0.368. The van der Waals surface area contributed by atoms with Crippen LogP contribution in [-0.2, 0) is 14.3 Å². The first kappa shape index (κ1) is 20.4. The molecule has 2 aromatic heterocycles. The molecule has 2 aromatic rings. The number of nitrogens with zero attached hydrogens (tertiary/aromatic N) is 3. The summed E-state index contributed by atoms with van der Waals surface area (Å²) in [6, 6.07) is 3.69. The Balaban J connectivity index is 0.000000146. The van der Waals surface area contributed by atoms with E-state index in [0.29, 0.717) is 36.9 Å². The molecule has 2 amide bonds. The van der Waals surface area contributed by atoms with Gasteiger partial charge in [-0.3, -0.25) is 14.4 Å². The lowest BCUT2D eigenvalue weighted by Crippen LogP contribution is -2.37. The molecular weight excluding hydrogens is 430 g/mol. The van der Waals surface area contributed by atoms with Crippen LogP contribution in [-0.4, -0.2) is 79.9 Å². The number of fused-ring (bicyclic) bond motifs is 4. The van der Waals surface area contributed by atoms with Crippen molar-refractivity contribution >= 4 is 46.3 Å². The van der Waals surface area contributed by atoms with Gasteiger partial charge in [-0.05, 0) is 22.9 Å². The van der Waals surface area contributed by atoms with Crippen molar-refractivity contribution in [1.82, 2.24) is 9.80 Å². The van der Waals surface area contributed by atoms with E-state index in [4.69, 9.17) is 9.47 Å². The van der Waals surface area contributed by atoms with E-state index in [1.54, 1.807) is 22.8 Å². The van der Waals surface area contributed by atoms with Crippen molar-refractivity contribution in [3.05, 3.63) is 32.6 Å². The zero-order valence-electron chi connectivity index (χ0n) is 16.2. The SMILES string of the molecule is COC(=O)CN1CCOc2ccsc2C1=O.O=C1CN2CCOc3ccsc3C2=N1. The zero-order chi connectivity index (χ0) is 21.1. The Bertz CT molecular complexity index is 998. The number of amides is 2. The van der Waals surface area contributed by atoms with Gasteiger partial charge in [-0.1, -0.05) is 0 Å². The summed E-state index contributed by atoms with van der Waals surface area (Å²) in [5.74, 6) is 1.59. The third-order valence-electron chi connectivity index (χ3n) is 4.58. The van der Waals surface area contributed by atoms with Crippen LogP contribution in [0, 0.1) is 0 Å². The number of carbonyl (C=O) groups excluding carboxylic acids is 3. The Kier molecular flexibility index (Phi) is 6.00. The molecule has 3 aliphatic heterocycles. The zero-order valence-corrected chi connectivity index (χ0v) is 17.8. The number of thiophene rings is 2. The van der Waals surface area contributed by atoms with E-state index in [1.165, 1.54) is 23.3 Å². The van der Waals surface area contributed by atoms with E-state index < -0.39 is 5.97 Å². The summed E-state index contributed by atoms with van der Waals surface area (Å²) >= 11 is 2.88. The van der Waals surface area contributed by atoms with Gasteiger partial charge in [0.15, 0.2) is 5.84 Å². The van der Waals surface area contributed by atoms with E-state index in [-0.39, 0.29) is 18.4 Å². The molecule has 11 heteroatoms. The summed E-state index contributed by atoms with van der Waals surface area (Å²) in [6.45, 7) is 2.52. The number of esters is 1. The highest BCUT2D eigenvalue weighted by Gasteiger charge is 2.29. The molecule has 0 aromatic carbocycles. The van der Waals surface area contributed by atoms with E-state index in [9.17, 15) is 14.4 Å². The minimum Gasteiger partial charge on any atom is -0.490 e. The number of hydrogen-bond donors (Lipinski definition) is 0. The number of ether oxygens (including phenoxy) is 3. The summed E-state index contributed by atoms with van der Waals surface area (Å²) < 4.78 is 15.5. The molecule has 30 heavy (non-hydrogen) atoms. The molecule has 9 nitrogen and oxygen atoms in total. The predicted octanol–water partition coefficient (Wildman–Crippen LogP) is 1.48. The second-order valence-electron chi connectivity index (χ2n) is 6.48. The number of amidine groups is 1. The molecule has 0 fully saturated rings. The number of aliphatic imine (C=N–C) groups is 1. The van der Waals surface area contributed by atoms with Crippen molar-refractivity contribution in [3.63, 3.8) is 0 Å². The van der Waals surface area contributed by atoms with E-state index in [1.807, 2.05) is 16.3 Å². The molecule has 0 radical (unpaired) electrons. The molecule has 0 bridgehead atoms. The highest BCUT2D eigenvalue weighted by atomic mass is 32.1. The lowest BCUT2D eigenvalue weighted by Gasteiger charge is -2.17. The average molecular weight is 450 g/mol. The van der Waals surface area contributed by atoms with Gasteiger partial charge in [0, 0.05) is 0 Å². The quantitative estimate of drug-likeness (QED) is 0.641. The predicted molar refractivity (Wildman–Crippen MR) is 111 cm³/mol. The molecule has 0 aliphatic carbocycles. The van der Waals surface area contributed by atoms with Crippen molar-refractivity contribution in [1.29, 1.82) is 0 Å². The molecule has 0 saturated carbocycles. The molecule has 158 valence electrons. The first-order valence-electron chi connectivity index (χ1n) is 9.20. The minimum atomic E-state index is -0.423. The maximum Gasteiger partial charge on any atom is 0.325 e. The van der Waals surface area contributed by atoms with Crippen molar-refractivity contribution in [3.8, 4) is 11.5 Å². The molecule has 0 atom stereocenters. The first-order valence-corrected chi connectivity index (χ1v) is 11.0. The molecule has 5 rings (SSSR count). The van der Waals surface area contributed by atoms with Crippen LogP contribution in [0.15, 0.2) is 27.9 Å². The van der Waals surface area contributed by atoms with Crippen LogP contribution in [0.5, 0.6) is 11.5 Å². The third kappa shape index (κ3) is 4.17. The molecule has 0 unspecified atom stereocenters. The van der Waals surface area contributed by atoms with Gasteiger partial charge in [-0.25, -0.2) is 0 Å². The highest BCUT2D eigenvalue weighted by molar-refractivity contribution is 7.12. The first-order chi connectivity index (χ1) is 14.6. The Morgan fingerprint density at radius 2 is 1.77 bits per heavy atom. The Morgan fingerprint density at radius 3 is 2.50 bits per heavy atom. The average Bonchev–Trinajstić information content (AvgIpc) is 3.43. The van der Waals surface area contributed by atoms with Crippen molar-refractivity contribution < 1.29 is 28.6 Å². The Labute approximate surface area is 180 Å². The number of rotatable bonds is 2. The summed E-state index contributed by atoms with van der Waals surface area (Å²) in [7, 11) is 1.30. The molecule has 5 heterocycles. The molecule has 0 N–H and O–H groups in total. The van der Waals surface area contributed by atoms with Crippen LogP contribution in [0.25, 0.3) is 0 Å². The van der Waals surface area contributed by atoms with Crippen LogP contribution < -0.4 is 9.47 Å². The maximum atomic E-state index is 12.0. The summed E-state index contributed by atoms with van der Waals surface area (Å²) in [5, 5.41) is 3.75. The van der Waals surface area contributed by atoms with Gasteiger partial charge in [0.2, 0.25) is 0 Å². The van der Waals surface area contributed by atoms with Crippen LogP contribution >= 0.6 is 22.7 Å². The molecule has 0 saturated heterocycles. The van der Waals surface area contributed by atoms with Crippen LogP contribution in [0.3, 0.4) is 0 Å². The van der Waals surface area contributed by atoms with Gasteiger partial charge in [0.05, 0.1) is 20.2 Å². The van der Waals surface area contributed by atoms with Gasteiger partial charge in [-0.15, -0.1) is 22.7 Å². The highest BCUT2D eigenvalue weighted by Crippen LogP contribution is 2.30. The number of methoxy groups -OCH3 is 1. The van der Waals surface area contributed by atoms with Crippen molar-refractivity contribution in [2.45, 2.75) is 0 Å². The normalized spacial score (nSPS) is 17.2. The third-order valence-corrected chi connectivity index (χ3v) is 6.36. The lowest BCUT2D eigenvalue weighted by atomic mass is 10.3. The van der Waals surface area contributed by atoms with Crippen LogP contribution in [0.1, 0.15) is 14.5 Å². The standard InChI is InChI=1S/C10H11NO4S.C9H8N2O2S/c1-14-8(12)6-11-3-4-15-7-2-5-16-9(7)10(11)13;12-7-5-11-2-3-13-6-1-4-14-8(6)9(11)10-7/h2,5H,3-4,6H2,1H3;1,4H,2-3,5H2. The van der Waals surface area contributed by atoms with E-state index >= 15 is 0 Å². The molecule has 3 aliphatic rings. The van der Waals surface area contributed by atoms with Gasteiger partial charge in [0.1, 0.15) is 47.6 Å². The Morgan fingerprint density at radius 1 is 1.10 bits per heavy atom. The van der Waals surface area contributed by atoms with Gasteiger partial charge < -0.3 is 24.0 Å². The smallest absolute Gasteiger partial charge is 0.325 e. The topological polar surface area (TPSA) is 97.7 Å². The van der Waals surface area contributed by atoms with Crippen molar-refractivity contribution in [2.75, 3.05) is 46.5 Å². The number of carbonyl (C=O) groups is 3. The lowest BCUT2D eigenvalue weighted by molar-refractivity contribution is -0.141. The summed E-state index contributed by atoms with van der Waals surface area (Å²) in [4.78, 5) is 43.3. The molecular formula is C19H19N3O6S2. The monoisotopic (exact) mass is 449 g/mol. The van der Waals surface area contributed by atoms with Gasteiger partial charge in [0.25, 0.3) is 11.8 Å². The summed E-state index contributed by atoms with van der Waals surface area (Å²) in [5.41, 5.74) is 0. The number of hydrogen-bond acceptors (Lipinski definition) is 9. The summed E-state index contributed by atoms with van der Waals surface area (Å²) in [6.07, 6.45) is 0. The fourth-order valence-electron chi connectivity index (χ4n) is 3.13. The maximum absolute atomic E-state index is 12.0. The van der Waals surface area contributed by atoms with Crippen LogP contribution in [0.2, 0.25) is 0 Å². The van der Waals surface area contributed by atoms with Gasteiger partial charge >= 0.3 is 5.97 Å². The second-order valence-corrected chi connectivity index (χ2v) is 8.31. The second kappa shape index (κ2) is 8.84. The fourth-order valence-corrected chi connectivity index (χ4v) is 4.78. The largest absolute Gasteiger partial charge is 0.490 e. The Hall–Kier alpha value is -2.92. The van der Waals surface area contributed by atoms with Gasteiger partial charge in [-0.2, -0.15) is 4.99 Å². The van der Waals surface area contributed by atoms with Crippen molar-refractivity contribution in [2.24, 2.45) is 4.99 Å². The molecule has 0 spiro atoms. The van der Waals surface area contributed by atoms with E-state index in [2.05, 4.69) is 9.73 Å².